The van der Waals surface area contributed by atoms with Gasteiger partial charge in [-0.2, -0.15) is 0 Å². The molecule has 3 aromatic rings. The van der Waals surface area contributed by atoms with E-state index in [9.17, 15) is 9.59 Å². The topological polar surface area (TPSA) is 77.5 Å². The van der Waals surface area contributed by atoms with Crippen LogP contribution in [-0.2, 0) is 11.3 Å². The first-order valence-electron chi connectivity index (χ1n) is 8.19. The van der Waals surface area contributed by atoms with Crippen LogP contribution in [0.5, 0.6) is 5.75 Å². The molecule has 0 spiro atoms. The number of methoxy groups -OCH3 is 1. The highest BCUT2D eigenvalue weighted by molar-refractivity contribution is 7.09. The van der Waals surface area contributed by atoms with Gasteiger partial charge in [-0.3, -0.25) is 4.79 Å². The predicted molar refractivity (Wildman–Crippen MR) is 103 cm³/mol. The van der Waals surface area contributed by atoms with Crippen molar-refractivity contribution in [1.29, 1.82) is 0 Å². The number of amides is 1. The van der Waals surface area contributed by atoms with E-state index < -0.39 is 5.97 Å². The van der Waals surface area contributed by atoms with Gasteiger partial charge in [0, 0.05) is 11.1 Å². The van der Waals surface area contributed by atoms with Crippen LogP contribution in [0.1, 0.15) is 31.4 Å². The van der Waals surface area contributed by atoms with E-state index in [0.717, 1.165) is 10.7 Å². The van der Waals surface area contributed by atoms with Crippen LogP contribution < -0.4 is 10.1 Å². The Labute approximate surface area is 160 Å². The molecular weight excluding hydrogens is 364 g/mol. The summed E-state index contributed by atoms with van der Waals surface area (Å²) in [5, 5.41) is 5.67. The van der Waals surface area contributed by atoms with Crippen molar-refractivity contribution in [2.75, 3.05) is 12.4 Å². The van der Waals surface area contributed by atoms with Crippen LogP contribution in [0.25, 0.3) is 0 Å². The number of aromatic nitrogens is 1. The average molecular weight is 382 g/mol. The Morgan fingerprint density at radius 2 is 1.96 bits per heavy atom. The summed E-state index contributed by atoms with van der Waals surface area (Å²) in [5.74, 6) is -0.333. The predicted octanol–water partition coefficient (Wildman–Crippen LogP) is 4.07. The standard InChI is InChI=1S/C20H18N2O4S/c1-13-21-16(12-27-13)11-26-18-9-4-3-8-17(18)19(23)22-15-7-5-6-14(10-15)20(24)25-2/h3-10,12H,11H2,1-2H3,(H,22,23). The molecule has 0 radical (unpaired) electrons. The van der Waals surface area contributed by atoms with Crippen molar-refractivity contribution in [3.05, 3.63) is 75.7 Å². The molecule has 0 fully saturated rings. The number of anilines is 1. The first kappa shape index (κ1) is 18.6. The van der Waals surface area contributed by atoms with Crippen molar-refractivity contribution in [2.45, 2.75) is 13.5 Å². The number of ether oxygens (including phenoxy) is 2. The minimum Gasteiger partial charge on any atom is -0.486 e. The van der Waals surface area contributed by atoms with Crippen molar-refractivity contribution >= 4 is 28.9 Å². The number of carbonyl (C=O) groups excluding carboxylic acids is 2. The summed E-state index contributed by atoms with van der Waals surface area (Å²) in [6.45, 7) is 2.21. The van der Waals surface area contributed by atoms with E-state index in [2.05, 4.69) is 10.3 Å². The fraction of sp³-hybridized carbons (Fsp3) is 0.150. The van der Waals surface area contributed by atoms with Crippen LogP contribution in [0.15, 0.2) is 53.9 Å². The summed E-state index contributed by atoms with van der Waals surface area (Å²) < 4.78 is 10.5. The van der Waals surface area contributed by atoms with Crippen LogP contribution in [0, 0.1) is 6.92 Å². The molecule has 2 aromatic carbocycles. The number of esters is 1. The largest absolute Gasteiger partial charge is 0.486 e. The molecule has 0 saturated carbocycles. The van der Waals surface area contributed by atoms with E-state index >= 15 is 0 Å². The molecule has 0 bridgehead atoms. The summed E-state index contributed by atoms with van der Waals surface area (Å²) in [5.41, 5.74) is 2.07. The van der Waals surface area contributed by atoms with Crippen LogP contribution in [0.4, 0.5) is 5.69 Å². The monoisotopic (exact) mass is 382 g/mol. The Morgan fingerprint density at radius 1 is 1.15 bits per heavy atom. The Bertz CT molecular complexity index is 968. The molecule has 0 aliphatic rings. The van der Waals surface area contributed by atoms with E-state index in [-0.39, 0.29) is 12.5 Å². The number of hydrogen-bond acceptors (Lipinski definition) is 6. The molecule has 7 heteroatoms. The molecule has 0 aliphatic carbocycles. The molecule has 1 heterocycles. The van der Waals surface area contributed by atoms with E-state index in [1.54, 1.807) is 59.9 Å². The summed E-state index contributed by atoms with van der Waals surface area (Å²) in [7, 11) is 1.31. The van der Waals surface area contributed by atoms with Crippen molar-refractivity contribution in [3.63, 3.8) is 0 Å². The normalized spacial score (nSPS) is 10.3. The molecule has 1 N–H and O–H groups in total. The highest BCUT2D eigenvalue weighted by atomic mass is 32.1. The number of thiazole rings is 1. The lowest BCUT2D eigenvalue weighted by Crippen LogP contribution is -2.14. The van der Waals surface area contributed by atoms with Gasteiger partial charge in [-0.15, -0.1) is 11.3 Å². The Kier molecular flexibility index (Phi) is 5.83. The Morgan fingerprint density at radius 3 is 2.70 bits per heavy atom. The zero-order valence-corrected chi connectivity index (χ0v) is 15.7. The average Bonchev–Trinajstić information content (AvgIpc) is 3.11. The van der Waals surface area contributed by atoms with Crippen LogP contribution in [0.2, 0.25) is 0 Å². The SMILES string of the molecule is COC(=O)c1cccc(NC(=O)c2ccccc2OCc2csc(C)n2)c1. The van der Waals surface area contributed by atoms with Crippen LogP contribution >= 0.6 is 11.3 Å². The Balaban J connectivity index is 1.74. The quantitative estimate of drug-likeness (QED) is 0.650. The molecule has 6 nitrogen and oxygen atoms in total. The fourth-order valence-corrected chi connectivity index (χ4v) is 3.04. The van der Waals surface area contributed by atoms with Gasteiger partial charge in [-0.1, -0.05) is 18.2 Å². The molecule has 0 unspecified atom stereocenters. The lowest BCUT2D eigenvalue weighted by Gasteiger charge is -2.11. The number of rotatable bonds is 6. The highest BCUT2D eigenvalue weighted by Gasteiger charge is 2.14. The van der Waals surface area contributed by atoms with Crippen LogP contribution in [-0.4, -0.2) is 24.0 Å². The van der Waals surface area contributed by atoms with Crippen LogP contribution in [0.3, 0.4) is 0 Å². The van der Waals surface area contributed by atoms with E-state index in [1.807, 2.05) is 12.3 Å². The molecular formula is C20H18N2O4S. The van der Waals surface area contributed by atoms with Crippen molar-refractivity contribution in [3.8, 4) is 5.75 Å². The first-order chi connectivity index (χ1) is 13.1. The molecule has 0 aliphatic heterocycles. The zero-order chi connectivity index (χ0) is 19.2. The molecule has 0 saturated heterocycles. The van der Waals surface area contributed by atoms with E-state index in [4.69, 9.17) is 9.47 Å². The van der Waals surface area contributed by atoms with E-state index in [1.165, 1.54) is 7.11 Å². The smallest absolute Gasteiger partial charge is 0.337 e. The third-order valence-corrected chi connectivity index (χ3v) is 4.54. The lowest BCUT2D eigenvalue weighted by molar-refractivity contribution is 0.0600. The number of aryl methyl sites for hydroxylation is 1. The third kappa shape index (κ3) is 4.71. The van der Waals surface area contributed by atoms with Gasteiger partial charge in [-0.25, -0.2) is 9.78 Å². The van der Waals surface area contributed by atoms with Crippen molar-refractivity contribution < 1.29 is 19.1 Å². The third-order valence-electron chi connectivity index (χ3n) is 3.72. The number of nitrogens with one attached hydrogen (secondary N) is 1. The van der Waals surface area contributed by atoms with Gasteiger partial charge in [0.15, 0.2) is 0 Å². The summed E-state index contributed by atoms with van der Waals surface area (Å²) in [6.07, 6.45) is 0. The van der Waals surface area contributed by atoms with Gasteiger partial charge in [0.05, 0.1) is 28.9 Å². The van der Waals surface area contributed by atoms with Gasteiger partial charge in [0.1, 0.15) is 12.4 Å². The maximum absolute atomic E-state index is 12.7. The second-order valence-electron chi connectivity index (χ2n) is 5.67. The van der Waals surface area contributed by atoms with Gasteiger partial charge in [0.2, 0.25) is 0 Å². The van der Waals surface area contributed by atoms with E-state index in [0.29, 0.717) is 22.6 Å². The van der Waals surface area contributed by atoms with Crippen molar-refractivity contribution in [2.24, 2.45) is 0 Å². The maximum Gasteiger partial charge on any atom is 0.337 e. The first-order valence-corrected chi connectivity index (χ1v) is 9.07. The molecule has 1 amide bonds. The number of hydrogen-bond donors (Lipinski definition) is 1. The highest BCUT2D eigenvalue weighted by Crippen LogP contribution is 2.22. The summed E-state index contributed by atoms with van der Waals surface area (Å²) in [4.78, 5) is 28.7. The lowest BCUT2D eigenvalue weighted by atomic mass is 10.1. The second kappa shape index (κ2) is 8.46. The Hall–Kier alpha value is -3.19. The van der Waals surface area contributed by atoms with Gasteiger partial charge < -0.3 is 14.8 Å². The molecule has 27 heavy (non-hydrogen) atoms. The van der Waals surface area contributed by atoms with Crippen molar-refractivity contribution in [1.82, 2.24) is 4.98 Å². The summed E-state index contributed by atoms with van der Waals surface area (Å²) >= 11 is 1.55. The molecule has 138 valence electrons. The minimum absolute atomic E-state index is 0.284. The molecule has 3 rings (SSSR count). The molecule has 0 atom stereocenters. The maximum atomic E-state index is 12.7. The van der Waals surface area contributed by atoms with Gasteiger partial charge in [-0.05, 0) is 37.3 Å². The number of nitrogens with zero attached hydrogens (tertiary/aromatic N) is 1. The second-order valence-corrected chi connectivity index (χ2v) is 6.73. The molecule has 1 aromatic heterocycles. The summed E-state index contributed by atoms with van der Waals surface area (Å²) in [6, 6.07) is 13.5. The zero-order valence-electron chi connectivity index (χ0n) is 14.9. The van der Waals surface area contributed by atoms with Gasteiger partial charge >= 0.3 is 5.97 Å². The number of carbonyl (C=O) groups is 2. The number of para-hydroxylation sites is 1. The fourth-order valence-electron chi connectivity index (χ4n) is 2.45. The minimum atomic E-state index is -0.464. The number of benzene rings is 2. The van der Waals surface area contributed by atoms with Gasteiger partial charge in [0.25, 0.3) is 5.91 Å².